The minimum atomic E-state index is -0.444. The van der Waals surface area contributed by atoms with Gasteiger partial charge in [-0.3, -0.25) is 11.3 Å². The third kappa shape index (κ3) is 3.15. The Morgan fingerprint density at radius 2 is 2.19 bits per heavy atom. The van der Waals surface area contributed by atoms with E-state index in [9.17, 15) is 4.39 Å². The van der Waals surface area contributed by atoms with Gasteiger partial charge in [-0.25, -0.2) is 4.39 Å². The van der Waals surface area contributed by atoms with Crippen molar-refractivity contribution < 1.29 is 4.39 Å². The van der Waals surface area contributed by atoms with E-state index in [1.807, 2.05) is 19.0 Å². The van der Waals surface area contributed by atoms with Gasteiger partial charge in [-0.15, -0.1) is 0 Å². The number of rotatable bonds is 4. The number of halogens is 3. The van der Waals surface area contributed by atoms with Crippen LogP contribution < -0.4 is 11.3 Å². The van der Waals surface area contributed by atoms with Gasteiger partial charge in [0.1, 0.15) is 5.82 Å². The van der Waals surface area contributed by atoms with Gasteiger partial charge < -0.3 is 4.90 Å². The molecular weight excluding hydrogens is 296 g/mol. The van der Waals surface area contributed by atoms with Crippen LogP contribution in [0, 0.1) is 5.82 Å². The maximum absolute atomic E-state index is 13.9. The zero-order chi connectivity index (χ0) is 12.3. The summed E-state index contributed by atoms with van der Waals surface area (Å²) in [6.07, 6.45) is 0. The number of nitrogens with zero attached hydrogens (tertiary/aromatic N) is 1. The molecule has 16 heavy (non-hydrogen) atoms. The Labute approximate surface area is 108 Å². The fraction of sp³-hybridized carbons (Fsp3) is 0.400. The molecule has 0 aromatic heterocycles. The molecule has 0 heterocycles. The normalized spacial score (nSPS) is 13.2. The second-order valence-electron chi connectivity index (χ2n) is 3.75. The first-order valence-corrected chi connectivity index (χ1v) is 5.88. The van der Waals surface area contributed by atoms with E-state index < -0.39 is 5.82 Å². The SMILES string of the molecule is CN(C)CC(NN)c1ccc(Br)c(Cl)c1F. The van der Waals surface area contributed by atoms with Crippen molar-refractivity contribution in [3.8, 4) is 0 Å². The largest absolute Gasteiger partial charge is 0.307 e. The molecule has 1 aromatic carbocycles. The number of nitrogens with two attached hydrogens (primary N) is 1. The minimum Gasteiger partial charge on any atom is -0.307 e. The van der Waals surface area contributed by atoms with Crippen LogP contribution >= 0.6 is 27.5 Å². The van der Waals surface area contributed by atoms with Crippen molar-refractivity contribution in [2.45, 2.75) is 6.04 Å². The van der Waals surface area contributed by atoms with Crippen LogP contribution in [0.1, 0.15) is 11.6 Å². The summed E-state index contributed by atoms with van der Waals surface area (Å²) >= 11 is 8.98. The average molecular weight is 311 g/mol. The van der Waals surface area contributed by atoms with Gasteiger partial charge in [-0.2, -0.15) is 0 Å². The minimum absolute atomic E-state index is 0.0801. The molecule has 1 unspecified atom stereocenters. The standard InChI is InChI=1S/C10H14BrClFN3/c1-16(2)5-8(15-14)6-3-4-7(11)9(12)10(6)13/h3-4,8,15H,5,14H2,1-2H3. The molecule has 1 aromatic rings. The van der Waals surface area contributed by atoms with Crippen molar-refractivity contribution in [3.05, 3.63) is 33.0 Å². The van der Waals surface area contributed by atoms with Gasteiger partial charge in [-0.1, -0.05) is 17.7 Å². The highest BCUT2D eigenvalue weighted by Gasteiger charge is 2.18. The first-order chi connectivity index (χ1) is 7.47. The Bertz CT molecular complexity index is 373. The summed E-state index contributed by atoms with van der Waals surface area (Å²) in [5.41, 5.74) is 3.04. The predicted octanol–water partition coefficient (Wildman–Crippen LogP) is 2.31. The van der Waals surface area contributed by atoms with Gasteiger partial charge in [0, 0.05) is 16.6 Å². The fourth-order valence-corrected chi connectivity index (χ4v) is 1.89. The highest BCUT2D eigenvalue weighted by Crippen LogP contribution is 2.30. The van der Waals surface area contributed by atoms with Crippen LogP contribution in [0.2, 0.25) is 5.02 Å². The predicted molar refractivity (Wildman–Crippen MR) is 67.7 cm³/mol. The van der Waals surface area contributed by atoms with Crippen LogP contribution in [-0.4, -0.2) is 25.5 Å². The maximum Gasteiger partial charge on any atom is 0.147 e. The van der Waals surface area contributed by atoms with Crippen LogP contribution in [0.4, 0.5) is 4.39 Å². The Morgan fingerprint density at radius 1 is 1.56 bits per heavy atom. The molecule has 0 saturated heterocycles. The number of hydrogen-bond acceptors (Lipinski definition) is 3. The summed E-state index contributed by atoms with van der Waals surface area (Å²) in [4.78, 5) is 1.92. The molecule has 0 bridgehead atoms. The molecule has 0 amide bonds. The lowest BCUT2D eigenvalue weighted by Crippen LogP contribution is -2.36. The van der Waals surface area contributed by atoms with E-state index in [1.54, 1.807) is 12.1 Å². The van der Waals surface area contributed by atoms with Crippen LogP contribution in [0.5, 0.6) is 0 Å². The van der Waals surface area contributed by atoms with Gasteiger partial charge >= 0.3 is 0 Å². The highest BCUT2D eigenvalue weighted by molar-refractivity contribution is 9.10. The molecule has 0 radical (unpaired) electrons. The van der Waals surface area contributed by atoms with Crippen molar-refractivity contribution in [1.82, 2.24) is 10.3 Å². The number of nitrogens with one attached hydrogen (secondary N) is 1. The van der Waals surface area contributed by atoms with E-state index in [-0.39, 0.29) is 11.1 Å². The average Bonchev–Trinajstić information content (AvgIpc) is 2.23. The fourth-order valence-electron chi connectivity index (χ4n) is 1.42. The molecule has 1 rings (SSSR count). The third-order valence-corrected chi connectivity index (χ3v) is 3.45. The van der Waals surface area contributed by atoms with Gasteiger partial charge in [0.15, 0.2) is 0 Å². The first kappa shape index (κ1) is 13.9. The van der Waals surface area contributed by atoms with Crippen LogP contribution in [0.3, 0.4) is 0 Å². The number of hydrogen-bond donors (Lipinski definition) is 2. The van der Waals surface area contributed by atoms with E-state index in [0.29, 0.717) is 16.6 Å². The molecule has 90 valence electrons. The van der Waals surface area contributed by atoms with Gasteiger partial charge in [-0.05, 0) is 36.1 Å². The molecular formula is C10H14BrClFN3. The molecule has 0 spiro atoms. The van der Waals surface area contributed by atoms with Gasteiger partial charge in [0.25, 0.3) is 0 Å². The second kappa shape index (κ2) is 5.93. The summed E-state index contributed by atoms with van der Waals surface area (Å²) < 4.78 is 14.4. The maximum atomic E-state index is 13.9. The summed E-state index contributed by atoms with van der Waals surface area (Å²) in [7, 11) is 3.78. The van der Waals surface area contributed by atoms with Crippen molar-refractivity contribution in [2.24, 2.45) is 5.84 Å². The molecule has 3 nitrogen and oxygen atoms in total. The van der Waals surface area contributed by atoms with E-state index in [1.165, 1.54) is 0 Å². The Balaban J connectivity index is 3.06. The number of likely N-dealkylation sites (N-methyl/N-ethyl adjacent to an activating group) is 1. The lowest BCUT2D eigenvalue weighted by atomic mass is 10.1. The van der Waals surface area contributed by atoms with Gasteiger partial charge in [0.05, 0.1) is 11.1 Å². The molecule has 0 aliphatic rings. The Morgan fingerprint density at radius 3 is 2.69 bits per heavy atom. The second-order valence-corrected chi connectivity index (χ2v) is 4.98. The molecule has 0 saturated carbocycles. The van der Waals surface area contributed by atoms with E-state index in [4.69, 9.17) is 17.4 Å². The summed E-state index contributed by atoms with van der Waals surface area (Å²) in [5, 5.41) is 0.0801. The zero-order valence-electron chi connectivity index (χ0n) is 9.10. The van der Waals surface area contributed by atoms with E-state index >= 15 is 0 Å². The summed E-state index contributed by atoms with van der Waals surface area (Å²) in [5.74, 6) is 4.97. The van der Waals surface area contributed by atoms with Crippen molar-refractivity contribution in [1.29, 1.82) is 0 Å². The molecule has 1 atom stereocenters. The topological polar surface area (TPSA) is 41.3 Å². The summed E-state index contributed by atoms with van der Waals surface area (Å²) in [6, 6.07) is 3.08. The highest BCUT2D eigenvalue weighted by atomic mass is 79.9. The quantitative estimate of drug-likeness (QED) is 0.509. The smallest absolute Gasteiger partial charge is 0.147 e. The summed E-state index contributed by atoms with van der Waals surface area (Å²) in [6.45, 7) is 0.589. The molecule has 0 aliphatic heterocycles. The van der Waals surface area contributed by atoms with Crippen LogP contribution in [0.15, 0.2) is 16.6 Å². The van der Waals surface area contributed by atoms with Crippen LogP contribution in [0.25, 0.3) is 0 Å². The lowest BCUT2D eigenvalue weighted by Gasteiger charge is -2.21. The zero-order valence-corrected chi connectivity index (χ0v) is 11.4. The van der Waals surface area contributed by atoms with Crippen molar-refractivity contribution in [3.63, 3.8) is 0 Å². The molecule has 0 aliphatic carbocycles. The lowest BCUT2D eigenvalue weighted by molar-refractivity contribution is 0.339. The molecule has 3 N–H and O–H groups in total. The van der Waals surface area contributed by atoms with E-state index in [0.717, 1.165) is 0 Å². The molecule has 6 heteroatoms. The molecule has 0 fully saturated rings. The Kier molecular flexibility index (Phi) is 5.14. The number of hydrazine groups is 1. The first-order valence-electron chi connectivity index (χ1n) is 4.71. The monoisotopic (exact) mass is 309 g/mol. The van der Waals surface area contributed by atoms with Crippen LogP contribution in [-0.2, 0) is 0 Å². The third-order valence-electron chi connectivity index (χ3n) is 2.19. The van der Waals surface area contributed by atoms with Gasteiger partial charge in [0.2, 0.25) is 0 Å². The van der Waals surface area contributed by atoms with Crippen molar-refractivity contribution in [2.75, 3.05) is 20.6 Å². The Hall–Kier alpha value is -0.200. The number of benzene rings is 1. The van der Waals surface area contributed by atoms with Crippen molar-refractivity contribution >= 4 is 27.5 Å². The van der Waals surface area contributed by atoms with E-state index in [2.05, 4.69) is 21.4 Å².